The Kier molecular flexibility index (Phi) is 7.84. The molecule has 4 fully saturated rings. The van der Waals surface area contributed by atoms with E-state index >= 15 is 0 Å². The molecule has 3 saturated heterocycles. The van der Waals surface area contributed by atoms with Gasteiger partial charge in [0.25, 0.3) is 0 Å². The topological polar surface area (TPSA) is 77.0 Å². The number of ether oxygens (including phenoxy) is 1. The molecule has 1 aromatic heterocycles. The van der Waals surface area contributed by atoms with Crippen LogP contribution in [0.3, 0.4) is 0 Å². The molecule has 4 aliphatic rings. The fraction of sp³-hybridized carbons (Fsp3) is 0.677. The largest absolute Gasteiger partial charge is 0.495 e. The van der Waals surface area contributed by atoms with Crippen LogP contribution in [0.15, 0.2) is 12.1 Å². The van der Waals surface area contributed by atoms with Crippen molar-refractivity contribution in [1.82, 2.24) is 19.8 Å². The second-order valence-electron chi connectivity index (χ2n) is 12.2. The summed E-state index contributed by atoms with van der Waals surface area (Å²) >= 11 is 0. The molecule has 8 nitrogen and oxygen atoms in total. The Bertz CT molecular complexity index is 1230. The lowest BCUT2D eigenvalue weighted by Crippen LogP contribution is -2.42. The molecule has 0 amide bonds. The summed E-state index contributed by atoms with van der Waals surface area (Å²) in [4.78, 5) is 17.4. The van der Waals surface area contributed by atoms with E-state index < -0.39 is 0 Å². The van der Waals surface area contributed by atoms with E-state index in [0.717, 1.165) is 73.5 Å². The highest BCUT2D eigenvalue weighted by atomic mass is 16.5. The summed E-state index contributed by atoms with van der Waals surface area (Å²) in [6.07, 6.45) is 6.84. The highest BCUT2D eigenvalue weighted by Crippen LogP contribution is 2.50. The number of benzene rings is 1. The normalized spacial score (nSPS) is 25.7. The molecular formula is C31H44N6O2. The maximum absolute atomic E-state index is 10.2. The van der Waals surface area contributed by atoms with Crippen LogP contribution in [0.2, 0.25) is 0 Å². The number of hydrogen-bond acceptors (Lipinski definition) is 8. The molecule has 8 heteroatoms. The number of aromatic nitrogens is 2. The van der Waals surface area contributed by atoms with Gasteiger partial charge in [-0.05, 0) is 83.0 Å². The van der Waals surface area contributed by atoms with E-state index in [4.69, 9.17) is 14.7 Å². The summed E-state index contributed by atoms with van der Waals surface area (Å²) in [5.74, 6) is 10.3. The van der Waals surface area contributed by atoms with Crippen LogP contribution in [0.25, 0.3) is 10.9 Å². The van der Waals surface area contributed by atoms with E-state index in [9.17, 15) is 5.11 Å². The van der Waals surface area contributed by atoms with E-state index in [-0.39, 0.29) is 12.6 Å². The van der Waals surface area contributed by atoms with Crippen molar-refractivity contribution in [2.75, 3.05) is 63.2 Å². The molecule has 0 spiro atoms. The number of likely N-dealkylation sites (tertiary alicyclic amines) is 2. The van der Waals surface area contributed by atoms with Gasteiger partial charge in [-0.15, -0.1) is 0 Å². The molecular weight excluding hydrogens is 488 g/mol. The number of nitrogens with one attached hydrogen (secondary N) is 1. The first-order valence-electron chi connectivity index (χ1n) is 15.0. The zero-order valence-corrected chi connectivity index (χ0v) is 23.8. The minimum Gasteiger partial charge on any atom is -0.495 e. The van der Waals surface area contributed by atoms with Gasteiger partial charge >= 0.3 is 0 Å². The molecule has 1 aliphatic carbocycles. The Hall–Kier alpha value is -2.60. The van der Waals surface area contributed by atoms with Gasteiger partial charge in [0.2, 0.25) is 5.95 Å². The van der Waals surface area contributed by atoms with E-state index in [1.54, 1.807) is 7.11 Å². The smallest absolute Gasteiger partial charge is 0.228 e. The maximum Gasteiger partial charge on any atom is 0.228 e. The summed E-state index contributed by atoms with van der Waals surface area (Å²) in [5.41, 5.74) is 1.75. The van der Waals surface area contributed by atoms with Gasteiger partial charge in [-0.1, -0.05) is 11.8 Å². The molecule has 4 heterocycles. The first-order valence-corrected chi connectivity index (χ1v) is 15.0. The quantitative estimate of drug-likeness (QED) is 0.500. The van der Waals surface area contributed by atoms with Crippen molar-refractivity contribution in [3.8, 4) is 17.6 Å². The van der Waals surface area contributed by atoms with Crippen molar-refractivity contribution in [2.45, 2.75) is 70.5 Å². The number of methoxy groups -OCH3 is 1. The number of aliphatic hydroxyl groups excluding tert-OH is 1. The van der Waals surface area contributed by atoms with Crippen LogP contribution >= 0.6 is 0 Å². The van der Waals surface area contributed by atoms with Crippen molar-refractivity contribution in [3.63, 3.8) is 0 Å². The number of aliphatic hydroxyl groups is 1. The van der Waals surface area contributed by atoms with Gasteiger partial charge in [0, 0.05) is 50.1 Å². The highest BCUT2D eigenvalue weighted by molar-refractivity contribution is 5.93. The summed E-state index contributed by atoms with van der Waals surface area (Å²) < 4.78 is 5.81. The van der Waals surface area contributed by atoms with Crippen LogP contribution in [0, 0.1) is 23.7 Å². The van der Waals surface area contributed by atoms with Gasteiger partial charge in [0.05, 0.1) is 30.8 Å². The molecule has 3 aliphatic heterocycles. The molecule has 6 rings (SSSR count). The molecule has 0 radical (unpaired) electrons. The fourth-order valence-corrected chi connectivity index (χ4v) is 6.82. The summed E-state index contributed by atoms with van der Waals surface area (Å²) in [7, 11) is 1.71. The second kappa shape index (κ2) is 11.5. The van der Waals surface area contributed by atoms with Gasteiger partial charge in [-0.2, -0.15) is 4.98 Å². The third-order valence-corrected chi connectivity index (χ3v) is 9.33. The third kappa shape index (κ3) is 5.68. The van der Waals surface area contributed by atoms with Crippen LogP contribution in [-0.4, -0.2) is 96.0 Å². The first kappa shape index (κ1) is 26.6. The lowest BCUT2D eigenvalue weighted by atomic mass is 10.0. The molecule has 3 atom stereocenters. The van der Waals surface area contributed by atoms with E-state index in [2.05, 4.69) is 57.8 Å². The van der Waals surface area contributed by atoms with Crippen molar-refractivity contribution >= 4 is 22.7 Å². The Morgan fingerprint density at radius 1 is 1.13 bits per heavy atom. The van der Waals surface area contributed by atoms with Gasteiger partial charge in [-0.25, -0.2) is 4.98 Å². The Morgan fingerprint density at radius 3 is 2.64 bits per heavy atom. The lowest BCUT2D eigenvalue weighted by molar-refractivity contribution is 0.177. The van der Waals surface area contributed by atoms with Crippen molar-refractivity contribution in [2.24, 2.45) is 11.8 Å². The van der Waals surface area contributed by atoms with Crippen LogP contribution in [-0.2, 0) is 0 Å². The Morgan fingerprint density at radius 2 is 1.92 bits per heavy atom. The third-order valence-electron chi connectivity index (χ3n) is 9.33. The number of rotatable bonds is 8. The van der Waals surface area contributed by atoms with Gasteiger partial charge < -0.3 is 29.9 Å². The molecule has 0 bridgehead atoms. The molecule has 2 aromatic rings. The van der Waals surface area contributed by atoms with Crippen LogP contribution < -0.4 is 15.0 Å². The minimum absolute atomic E-state index is 0.109. The highest BCUT2D eigenvalue weighted by Gasteiger charge is 2.53. The second-order valence-corrected chi connectivity index (χ2v) is 12.2. The molecule has 39 heavy (non-hydrogen) atoms. The van der Waals surface area contributed by atoms with Crippen LogP contribution in [0.5, 0.6) is 5.75 Å². The zero-order valence-electron chi connectivity index (χ0n) is 23.8. The van der Waals surface area contributed by atoms with Crippen molar-refractivity contribution in [1.29, 1.82) is 0 Å². The maximum atomic E-state index is 10.2. The first-order chi connectivity index (χ1) is 19.0. The van der Waals surface area contributed by atoms with E-state index in [0.29, 0.717) is 29.9 Å². The fourth-order valence-electron chi connectivity index (χ4n) is 6.82. The molecule has 210 valence electrons. The number of nitrogens with zero attached hydrogens (tertiary/aromatic N) is 5. The summed E-state index contributed by atoms with van der Waals surface area (Å²) in [6, 6.07) is 5.17. The summed E-state index contributed by atoms with van der Waals surface area (Å²) in [6.45, 7) is 11.2. The molecule has 1 saturated carbocycles. The average Bonchev–Trinajstić information content (AvgIpc) is 3.33. The van der Waals surface area contributed by atoms with Gasteiger partial charge in [0.1, 0.15) is 11.6 Å². The lowest BCUT2D eigenvalue weighted by Gasteiger charge is -2.35. The Balaban J connectivity index is 1.31. The van der Waals surface area contributed by atoms with E-state index in [1.165, 1.54) is 32.4 Å². The number of piperidine rings is 2. The number of hydrogen-bond donors (Lipinski definition) is 2. The predicted molar refractivity (Wildman–Crippen MR) is 156 cm³/mol. The molecule has 0 unspecified atom stereocenters. The standard InChI is InChI=1S/C31H44N6O2/c1-21(2)36-14-9-24(10-15-36)32-30-26-18-29(39-3)22(8-4-5-11-35-12-6-7-13-35)17-27(26)33-31(34-30)37-19-23-16-25(23)28(37)20-38/h17-18,21,23-25,28,38H,5-7,9-16,19-20H2,1-3H3,(H,32,33,34)/t23-,25-,28-/m0/s1. The van der Waals surface area contributed by atoms with E-state index in [1.807, 2.05) is 0 Å². The van der Waals surface area contributed by atoms with Crippen LogP contribution in [0.1, 0.15) is 57.9 Å². The minimum atomic E-state index is 0.109. The van der Waals surface area contributed by atoms with Crippen LogP contribution in [0.4, 0.5) is 11.8 Å². The SMILES string of the molecule is COc1cc2c(NC3CCN(C(C)C)CC3)nc(N3C[C@@H]4C[C@@H]4[C@@H]3CO)nc2cc1C#CCCN1CCCC1. The number of anilines is 2. The average molecular weight is 533 g/mol. The number of fused-ring (bicyclic) bond motifs is 2. The Labute approximate surface area is 233 Å². The molecule has 2 N–H and O–H groups in total. The zero-order chi connectivity index (χ0) is 26.9. The van der Waals surface area contributed by atoms with Gasteiger partial charge in [0.15, 0.2) is 0 Å². The van der Waals surface area contributed by atoms with Crippen molar-refractivity contribution in [3.05, 3.63) is 17.7 Å². The molecule has 1 aromatic carbocycles. The van der Waals surface area contributed by atoms with Crippen molar-refractivity contribution < 1.29 is 9.84 Å². The monoisotopic (exact) mass is 532 g/mol. The summed E-state index contributed by atoms with van der Waals surface area (Å²) in [5, 5.41) is 14.9. The van der Waals surface area contributed by atoms with Gasteiger partial charge in [-0.3, -0.25) is 0 Å². The predicted octanol–water partition coefficient (Wildman–Crippen LogP) is 3.58.